The third-order valence-corrected chi connectivity index (χ3v) is 3.33. The molecule has 0 aromatic carbocycles. The molecule has 1 aromatic rings. The predicted molar refractivity (Wildman–Crippen MR) is 83.1 cm³/mol. The summed E-state index contributed by atoms with van der Waals surface area (Å²) >= 11 is 0. The minimum atomic E-state index is 0.0495. The molecule has 0 aliphatic rings. The van der Waals surface area contributed by atoms with E-state index >= 15 is 0 Å². The number of rotatable bonds is 12. The van der Waals surface area contributed by atoms with Gasteiger partial charge in [-0.1, -0.05) is 6.07 Å². The van der Waals surface area contributed by atoms with Gasteiger partial charge in [0, 0.05) is 51.7 Å². The van der Waals surface area contributed by atoms with E-state index in [1.54, 1.807) is 12.4 Å². The molecule has 0 bridgehead atoms. The highest BCUT2D eigenvalue weighted by Crippen LogP contribution is 2.09. The minimum Gasteiger partial charge on any atom is -0.395 e. The molecule has 0 amide bonds. The second-order valence-corrected chi connectivity index (χ2v) is 5.15. The van der Waals surface area contributed by atoms with Gasteiger partial charge in [-0.05, 0) is 11.1 Å². The lowest BCUT2D eigenvalue weighted by molar-refractivity contribution is 0.154. The molecule has 0 aliphatic carbocycles. The van der Waals surface area contributed by atoms with Gasteiger partial charge in [-0.2, -0.15) is 0 Å². The van der Waals surface area contributed by atoms with Crippen LogP contribution in [0.15, 0.2) is 18.5 Å². The molecule has 126 valence electrons. The van der Waals surface area contributed by atoms with Crippen molar-refractivity contribution < 1.29 is 20.4 Å². The van der Waals surface area contributed by atoms with Crippen molar-refractivity contribution in [3.05, 3.63) is 29.6 Å². The van der Waals surface area contributed by atoms with Crippen LogP contribution in [0.4, 0.5) is 0 Å². The molecule has 0 saturated heterocycles. The number of hydrogen-bond donors (Lipinski definition) is 4. The van der Waals surface area contributed by atoms with Crippen molar-refractivity contribution in [1.82, 2.24) is 14.8 Å². The molecule has 0 radical (unpaired) electrons. The largest absolute Gasteiger partial charge is 0.395 e. The molecule has 4 N–H and O–H groups in total. The molecule has 7 heteroatoms. The van der Waals surface area contributed by atoms with Crippen molar-refractivity contribution in [3.63, 3.8) is 0 Å². The first kappa shape index (κ1) is 19.0. The van der Waals surface area contributed by atoms with Crippen LogP contribution >= 0.6 is 0 Å². The third-order valence-electron chi connectivity index (χ3n) is 3.33. The summed E-state index contributed by atoms with van der Waals surface area (Å²) < 4.78 is 0. The van der Waals surface area contributed by atoms with Crippen molar-refractivity contribution in [2.75, 3.05) is 52.6 Å². The Morgan fingerprint density at radius 1 is 0.682 bits per heavy atom. The Hall–Kier alpha value is -1.09. The van der Waals surface area contributed by atoms with Gasteiger partial charge in [-0.3, -0.25) is 14.8 Å². The van der Waals surface area contributed by atoms with Gasteiger partial charge in [0.1, 0.15) is 0 Å². The van der Waals surface area contributed by atoms with Crippen LogP contribution in [0.25, 0.3) is 0 Å². The predicted octanol–water partition coefficient (Wildman–Crippen LogP) is -1.35. The van der Waals surface area contributed by atoms with Gasteiger partial charge in [-0.15, -0.1) is 0 Å². The average molecular weight is 313 g/mol. The highest BCUT2D eigenvalue weighted by atomic mass is 16.3. The Bertz CT molecular complexity index is 361. The lowest BCUT2D eigenvalue weighted by Gasteiger charge is -2.22. The summed E-state index contributed by atoms with van der Waals surface area (Å²) in [7, 11) is 0. The number of aliphatic hydroxyl groups excluding tert-OH is 4. The zero-order valence-electron chi connectivity index (χ0n) is 12.9. The normalized spacial score (nSPS) is 11.5. The highest BCUT2D eigenvalue weighted by Gasteiger charge is 2.08. The van der Waals surface area contributed by atoms with E-state index in [0.717, 1.165) is 11.1 Å². The summed E-state index contributed by atoms with van der Waals surface area (Å²) in [5.41, 5.74) is 2.01. The molecule has 0 unspecified atom stereocenters. The van der Waals surface area contributed by atoms with Crippen LogP contribution in [0.5, 0.6) is 0 Å². The maximum atomic E-state index is 9.04. The lowest BCUT2D eigenvalue weighted by atomic mass is 10.2. The number of pyridine rings is 1. The van der Waals surface area contributed by atoms with Crippen molar-refractivity contribution in [2.24, 2.45) is 0 Å². The van der Waals surface area contributed by atoms with Gasteiger partial charge in [0.2, 0.25) is 0 Å². The monoisotopic (exact) mass is 313 g/mol. The first-order valence-corrected chi connectivity index (χ1v) is 7.54. The maximum Gasteiger partial charge on any atom is 0.0558 e. The Balaban J connectivity index is 2.67. The fourth-order valence-electron chi connectivity index (χ4n) is 2.34. The Morgan fingerprint density at radius 2 is 1.05 bits per heavy atom. The van der Waals surface area contributed by atoms with E-state index in [-0.39, 0.29) is 26.4 Å². The van der Waals surface area contributed by atoms with E-state index in [9.17, 15) is 0 Å². The third kappa shape index (κ3) is 7.26. The molecule has 0 aliphatic heterocycles. The van der Waals surface area contributed by atoms with Crippen molar-refractivity contribution in [2.45, 2.75) is 13.1 Å². The smallest absolute Gasteiger partial charge is 0.0558 e. The van der Waals surface area contributed by atoms with Crippen LogP contribution in [-0.4, -0.2) is 87.8 Å². The van der Waals surface area contributed by atoms with Crippen molar-refractivity contribution in [3.8, 4) is 0 Å². The van der Waals surface area contributed by atoms with Crippen molar-refractivity contribution >= 4 is 0 Å². The molecule has 0 spiro atoms. The second-order valence-electron chi connectivity index (χ2n) is 5.15. The lowest BCUT2D eigenvalue weighted by Crippen LogP contribution is -2.30. The van der Waals surface area contributed by atoms with Gasteiger partial charge >= 0.3 is 0 Å². The number of nitrogens with zero attached hydrogens (tertiary/aromatic N) is 3. The van der Waals surface area contributed by atoms with E-state index in [0.29, 0.717) is 39.3 Å². The summed E-state index contributed by atoms with van der Waals surface area (Å²) in [5.74, 6) is 0. The van der Waals surface area contributed by atoms with E-state index in [1.165, 1.54) is 0 Å². The van der Waals surface area contributed by atoms with Gasteiger partial charge in [0.15, 0.2) is 0 Å². The Labute approximate surface area is 131 Å². The summed E-state index contributed by atoms with van der Waals surface area (Å²) in [6, 6.07) is 2.02. The first-order chi connectivity index (χ1) is 10.7. The summed E-state index contributed by atoms with van der Waals surface area (Å²) in [6.07, 6.45) is 3.54. The van der Waals surface area contributed by atoms with E-state index in [2.05, 4.69) is 4.98 Å². The number of aliphatic hydroxyl groups is 4. The zero-order chi connectivity index (χ0) is 16.2. The first-order valence-electron chi connectivity index (χ1n) is 7.54. The van der Waals surface area contributed by atoms with Crippen LogP contribution in [0.3, 0.4) is 0 Å². The van der Waals surface area contributed by atoms with Crippen LogP contribution in [-0.2, 0) is 13.1 Å². The van der Waals surface area contributed by atoms with Crippen LogP contribution in [0.2, 0.25) is 0 Å². The molecule has 7 nitrogen and oxygen atoms in total. The highest BCUT2D eigenvalue weighted by molar-refractivity contribution is 5.18. The molecule has 1 rings (SSSR count). The van der Waals surface area contributed by atoms with E-state index in [4.69, 9.17) is 20.4 Å². The summed E-state index contributed by atoms with van der Waals surface area (Å²) in [4.78, 5) is 8.14. The van der Waals surface area contributed by atoms with Crippen molar-refractivity contribution in [1.29, 1.82) is 0 Å². The fraction of sp³-hybridized carbons (Fsp3) is 0.667. The van der Waals surface area contributed by atoms with Crippen LogP contribution in [0, 0.1) is 0 Å². The SMILES string of the molecule is OCCN(CCO)Cc1cncc(CN(CCO)CCO)c1. The minimum absolute atomic E-state index is 0.0495. The topological polar surface area (TPSA) is 100 Å². The van der Waals surface area contributed by atoms with Gasteiger partial charge in [0.25, 0.3) is 0 Å². The van der Waals surface area contributed by atoms with E-state index < -0.39 is 0 Å². The summed E-state index contributed by atoms with van der Waals surface area (Å²) in [5, 5.41) is 36.2. The van der Waals surface area contributed by atoms with E-state index in [1.807, 2.05) is 15.9 Å². The molecule has 1 heterocycles. The van der Waals surface area contributed by atoms with Gasteiger partial charge in [0.05, 0.1) is 26.4 Å². The molecule has 0 saturated carbocycles. The van der Waals surface area contributed by atoms with Crippen LogP contribution < -0.4 is 0 Å². The van der Waals surface area contributed by atoms with Gasteiger partial charge < -0.3 is 20.4 Å². The average Bonchev–Trinajstić information content (AvgIpc) is 2.49. The summed E-state index contributed by atoms with van der Waals surface area (Å²) in [6.45, 7) is 3.45. The maximum absolute atomic E-state index is 9.04. The van der Waals surface area contributed by atoms with Crippen LogP contribution in [0.1, 0.15) is 11.1 Å². The Kier molecular flexibility index (Phi) is 9.89. The zero-order valence-corrected chi connectivity index (χ0v) is 12.9. The number of hydrogen-bond acceptors (Lipinski definition) is 7. The Morgan fingerprint density at radius 3 is 1.36 bits per heavy atom. The molecular weight excluding hydrogens is 286 g/mol. The molecule has 1 aromatic heterocycles. The standard InChI is InChI=1S/C15H27N3O4/c19-5-1-17(2-6-20)12-14-9-15(11-16-10-14)13-18(3-7-21)4-8-22/h9-11,19-22H,1-8,12-13H2. The quantitative estimate of drug-likeness (QED) is 0.379. The fourth-order valence-corrected chi connectivity index (χ4v) is 2.34. The number of aromatic nitrogens is 1. The second kappa shape index (κ2) is 11.5. The molecule has 0 atom stereocenters. The van der Waals surface area contributed by atoms with Gasteiger partial charge in [-0.25, -0.2) is 0 Å². The molecule has 0 fully saturated rings. The molecule has 22 heavy (non-hydrogen) atoms. The molecular formula is C15H27N3O4.